The van der Waals surface area contributed by atoms with Crippen LogP contribution in [-0.4, -0.2) is 13.5 Å². The van der Waals surface area contributed by atoms with E-state index in [0.29, 0.717) is 16.9 Å². The summed E-state index contributed by atoms with van der Waals surface area (Å²) >= 11 is 0. The van der Waals surface area contributed by atoms with Gasteiger partial charge in [0, 0.05) is 5.56 Å². The molecule has 102 valence electrons. The summed E-state index contributed by atoms with van der Waals surface area (Å²) in [5.41, 5.74) is 1.15. The van der Waals surface area contributed by atoms with Gasteiger partial charge in [0.1, 0.15) is 5.76 Å². The Labute approximate surface area is 117 Å². The number of aliphatic hydroxyl groups excluding tert-OH is 1. The Morgan fingerprint density at radius 3 is 2.25 bits per heavy atom. The summed E-state index contributed by atoms with van der Waals surface area (Å²) in [6.45, 7) is 1.59. The van der Waals surface area contributed by atoms with Crippen molar-refractivity contribution in [2.24, 2.45) is 0 Å². The van der Waals surface area contributed by atoms with E-state index in [-0.39, 0.29) is 10.7 Å². The average molecular weight is 287 g/mol. The first-order valence-electron chi connectivity index (χ1n) is 6.13. The highest BCUT2D eigenvalue weighted by Crippen LogP contribution is 2.38. The number of benzene rings is 2. The topological polar surface area (TPSA) is 57.6 Å². The van der Waals surface area contributed by atoms with Crippen LogP contribution in [0, 0.1) is 0 Å². The second kappa shape index (κ2) is 4.38. The van der Waals surface area contributed by atoms with E-state index < -0.39 is 10.0 Å². The number of nitrogens with zero attached hydrogens (tertiary/aromatic N) is 1. The third kappa shape index (κ3) is 1.71. The number of para-hydroxylation sites is 1. The monoisotopic (exact) mass is 287 g/mol. The molecule has 1 aliphatic heterocycles. The molecule has 0 aromatic heterocycles. The Bertz CT molecular complexity index is 795. The summed E-state index contributed by atoms with van der Waals surface area (Å²) in [5, 5.41) is 10.3. The average Bonchev–Trinajstić information content (AvgIpc) is 2.46. The van der Waals surface area contributed by atoms with Crippen LogP contribution in [0.3, 0.4) is 0 Å². The molecule has 0 radical (unpaired) electrons. The number of anilines is 1. The molecule has 5 heteroatoms. The van der Waals surface area contributed by atoms with E-state index in [9.17, 15) is 13.5 Å². The zero-order chi connectivity index (χ0) is 14.3. The van der Waals surface area contributed by atoms with E-state index in [1.165, 1.54) is 10.4 Å². The summed E-state index contributed by atoms with van der Waals surface area (Å²) in [5.74, 6) is -0.0146. The molecule has 0 atom stereocenters. The predicted octanol–water partition coefficient (Wildman–Crippen LogP) is 3.14. The molecule has 0 aliphatic carbocycles. The van der Waals surface area contributed by atoms with Gasteiger partial charge in [-0.15, -0.1) is 0 Å². The molecule has 2 aromatic carbocycles. The van der Waals surface area contributed by atoms with E-state index in [1.807, 2.05) is 6.07 Å². The summed E-state index contributed by atoms with van der Waals surface area (Å²) < 4.78 is 26.7. The minimum Gasteiger partial charge on any atom is -0.505 e. The van der Waals surface area contributed by atoms with Gasteiger partial charge < -0.3 is 5.11 Å². The fourth-order valence-corrected chi connectivity index (χ4v) is 4.09. The van der Waals surface area contributed by atoms with Crippen molar-refractivity contribution in [1.82, 2.24) is 0 Å². The molecule has 0 unspecified atom stereocenters. The zero-order valence-corrected chi connectivity index (χ0v) is 11.6. The first-order chi connectivity index (χ1) is 9.53. The fourth-order valence-electron chi connectivity index (χ4n) is 2.35. The summed E-state index contributed by atoms with van der Waals surface area (Å²) in [7, 11) is -3.70. The normalized spacial score (nSPS) is 16.9. The highest BCUT2D eigenvalue weighted by Gasteiger charge is 2.35. The van der Waals surface area contributed by atoms with Crippen molar-refractivity contribution in [2.45, 2.75) is 11.8 Å². The lowest BCUT2D eigenvalue weighted by atomic mass is 10.1. The third-order valence-electron chi connectivity index (χ3n) is 3.30. The molecular formula is C15H13NO3S. The SMILES string of the molecule is CC1=C(O)c2ccccc2S(=O)(=O)N1c1ccccc1. The van der Waals surface area contributed by atoms with Gasteiger partial charge in [-0.2, -0.15) is 0 Å². The van der Waals surface area contributed by atoms with E-state index in [1.54, 1.807) is 49.4 Å². The third-order valence-corrected chi connectivity index (χ3v) is 5.18. The van der Waals surface area contributed by atoms with Gasteiger partial charge in [-0.1, -0.05) is 30.3 Å². The number of sulfonamides is 1. The molecule has 0 fully saturated rings. The molecule has 1 N–H and O–H groups in total. The van der Waals surface area contributed by atoms with E-state index in [4.69, 9.17) is 0 Å². The van der Waals surface area contributed by atoms with Crippen LogP contribution in [0.5, 0.6) is 0 Å². The number of hydrogen-bond donors (Lipinski definition) is 1. The molecule has 0 amide bonds. The lowest BCUT2D eigenvalue weighted by Crippen LogP contribution is -2.33. The van der Waals surface area contributed by atoms with Crippen molar-refractivity contribution in [2.75, 3.05) is 4.31 Å². The Morgan fingerprint density at radius 2 is 1.55 bits per heavy atom. The van der Waals surface area contributed by atoms with Crippen LogP contribution in [0.25, 0.3) is 5.76 Å². The predicted molar refractivity (Wildman–Crippen MR) is 77.8 cm³/mol. The second-order valence-electron chi connectivity index (χ2n) is 4.54. The molecule has 4 nitrogen and oxygen atoms in total. The van der Waals surface area contributed by atoms with Crippen molar-refractivity contribution in [3.63, 3.8) is 0 Å². The van der Waals surface area contributed by atoms with Gasteiger partial charge >= 0.3 is 0 Å². The molecule has 1 aliphatic rings. The molecule has 0 bridgehead atoms. The van der Waals surface area contributed by atoms with Gasteiger partial charge in [0.25, 0.3) is 10.0 Å². The standard InChI is InChI=1S/C15H13NO3S/c1-11-15(17)13-9-5-6-10-14(13)20(18,19)16(11)12-7-3-2-4-8-12/h2-10,17H,1H3. The minimum absolute atomic E-state index is 0.0146. The van der Waals surface area contributed by atoms with E-state index in [2.05, 4.69) is 0 Å². The number of aliphatic hydroxyl groups is 1. The van der Waals surface area contributed by atoms with Crippen LogP contribution in [0.15, 0.2) is 65.2 Å². The summed E-state index contributed by atoms with van der Waals surface area (Å²) in [6.07, 6.45) is 0. The minimum atomic E-state index is -3.70. The first-order valence-corrected chi connectivity index (χ1v) is 7.57. The fraction of sp³-hybridized carbons (Fsp3) is 0.0667. The van der Waals surface area contributed by atoms with E-state index in [0.717, 1.165) is 0 Å². The largest absolute Gasteiger partial charge is 0.505 e. The zero-order valence-electron chi connectivity index (χ0n) is 10.8. The highest BCUT2D eigenvalue weighted by molar-refractivity contribution is 7.93. The molecule has 20 heavy (non-hydrogen) atoms. The number of allylic oxidation sites excluding steroid dienone is 1. The van der Waals surface area contributed by atoms with Crippen LogP contribution in [-0.2, 0) is 10.0 Å². The summed E-state index contributed by atoms with van der Waals surface area (Å²) in [4.78, 5) is 0.118. The van der Waals surface area contributed by atoms with Crippen LogP contribution in [0.4, 0.5) is 5.69 Å². The van der Waals surface area contributed by atoms with Crippen LogP contribution < -0.4 is 4.31 Å². The van der Waals surface area contributed by atoms with Crippen molar-refractivity contribution < 1.29 is 13.5 Å². The Morgan fingerprint density at radius 1 is 0.950 bits per heavy atom. The molecular weight excluding hydrogens is 274 g/mol. The first kappa shape index (κ1) is 12.7. The van der Waals surface area contributed by atoms with Crippen LogP contribution in [0.1, 0.15) is 12.5 Å². The van der Waals surface area contributed by atoms with Gasteiger partial charge in [-0.3, -0.25) is 0 Å². The number of rotatable bonds is 1. The Hall–Kier alpha value is -2.27. The summed E-state index contributed by atoms with van der Waals surface area (Å²) in [6, 6.07) is 15.2. The van der Waals surface area contributed by atoms with Gasteiger partial charge in [-0.05, 0) is 31.2 Å². The smallest absolute Gasteiger partial charge is 0.269 e. The Kier molecular flexibility index (Phi) is 2.79. The molecule has 0 spiro atoms. The van der Waals surface area contributed by atoms with Gasteiger partial charge in [0.2, 0.25) is 0 Å². The lowest BCUT2D eigenvalue weighted by molar-refractivity contribution is 0.499. The quantitative estimate of drug-likeness (QED) is 0.876. The Balaban J connectivity index is 2.32. The van der Waals surface area contributed by atoms with Crippen molar-refractivity contribution in [1.29, 1.82) is 0 Å². The van der Waals surface area contributed by atoms with Crippen LogP contribution in [0.2, 0.25) is 0 Å². The molecule has 0 saturated heterocycles. The molecule has 0 saturated carbocycles. The van der Waals surface area contributed by atoms with E-state index >= 15 is 0 Å². The van der Waals surface area contributed by atoms with Crippen molar-refractivity contribution in [3.05, 3.63) is 65.9 Å². The maximum Gasteiger partial charge on any atom is 0.269 e. The van der Waals surface area contributed by atoms with Crippen molar-refractivity contribution >= 4 is 21.5 Å². The number of fused-ring (bicyclic) bond motifs is 1. The van der Waals surface area contributed by atoms with Gasteiger partial charge in [-0.25, -0.2) is 12.7 Å². The highest BCUT2D eigenvalue weighted by atomic mass is 32.2. The molecule has 1 heterocycles. The van der Waals surface area contributed by atoms with Crippen LogP contribution >= 0.6 is 0 Å². The lowest BCUT2D eigenvalue weighted by Gasteiger charge is -2.30. The van der Waals surface area contributed by atoms with Crippen molar-refractivity contribution in [3.8, 4) is 0 Å². The molecule has 3 rings (SSSR count). The second-order valence-corrected chi connectivity index (χ2v) is 6.29. The van der Waals surface area contributed by atoms with Gasteiger partial charge in [0.15, 0.2) is 0 Å². The maximum absolute atomic E-state index is 12.7. The van der Waals surface area contributed by atoms with Gasteiger partial charge in [0.05, 0.1) is 16.3 Å². The maximum atomic E-state index is 12.7. The number of hydrogen-bond acceptors (Lipinski definition) is 3. The molecule has 2 aromatic rings.